The largest absolute Gasteiger partial charge is 0.460 e. The molecule has 0 spiro atoms. The van der Waals surface area contributed by atoms with E-state index in [0.717, 1.165) is 0 Å². The van der Waals surface area contributed by atoms with Crippen molar-refractivity contribution in [2.24, 2.45) is 0 Å². The predicted molar refractivity (Wildman–Crippen MR) is 52.7 cm³/mol. The number of hydrogen-bond acceptors (Lipinski definition) is 1. The summed E-state index contributed by atoms with van der Waals surface area (Å²) in [6.45, 7) is -3.15. The summed E-state index contributed by atoms with van der Waals surface area (Å²) >= 11 is 0. The van der Waals surface area contributed by atoms with Gasteiger partial charge in [0.1, 0.15) is 6.61 Å². The molecule has 0 aliphatic carbocycles. The van der Waals surface area contributed by atoms with Crippen molar-refractivity contribution in [2.75, 3.05) is 6.61 Å². The van der Waals surface area contributed by atoms with Crippen molar-refractivity contribution in [3.05, 3.63) is 0 Å². The van der Waals surface area contributed by atoms with E-state index in [-0.39, 0.29) is 0 Å². The van der Waals surface area contributed by atoms with Crippen LogP contribution in [-0.4, -0.2) is 65.5 Å². The first kappa shape index (κ1) is 27.7. The molecular formula is C10H4F18O. The minimum atomic E-state index is -8.71. The molecule has 1 N–H and O–H groups in total. The van der Waals surface area contributed by atoms with E-state index >= 15 is 0 Å². The van der Waals surface area contributed by atoms with Crippen LogP contribution in [0.2, 0.25) is 0 Å². The van der Waals surface area contributed by atoms with Crippen molar-refractivity contribution < 1.29 is 84.1 Å². The first-order valence-electron chi connectivity index (χ1n) is 6.18. The van der Waals surface area contributed by atoms with Gasteiger partial charge < -0.3 is 5.11 Å². The fraction of sp³-hybridized carbons (Fsp3) is 1.00. The highest BCUT2D eigenvalue weighted by molar-refractivity contribution is 5.14. The number of aliphatic hydroxyl groups is 1. The molecule has 0 aliphatic rings. The summed E-state index contributed by atoms with van der Waals surface area (Å²) in [5.74, 6) is -56.5. The number of aliphatic hydroxyl groups excluding tert-OH is 1. The van der Waals surface area contributed by atoms with Crippen LogP contribution in [0.25, 0.3) is 0 Å². The zero-order valence-corrected chi connectivity index (χ0v) is 12.5. The van der Waals surface area contributed by atoms with Crippen molar-refractivity contribution in [1.29, 1.82) is 0 Å². The zero-order chi connectivity index (χ0) is 24.3. The molecule has 0 aliphatic heterocycles. The molecule has 1 unspecified atom stereocenters. The normalized spacial score (nSPS) is 17.5. The molecule has 176 valence electrons. The van der Waals surface area contributed by atoms with Crippen molar-refractivity contribution in [3.63, 3.8) is 0 Å². The Hall–Kier alpha value is -1.30. The van der Waals surface area contributed by atoms with E-state index in [1.807, 2.05) is 0 Å². The lowest BCUT2D eigenvalue weighted by Crippen LogP contribution is -2.74. The van der Waals surface area contributed by atoms with Gasteiger partial charge in [-0.3, -0.25) is 0 Å². The lowest BCUT2D eigenvalue weighted by Gasteiger charge is -2.42. The Morgan fingerprint density at radius 3 is 1.03 bits per heavy atom. The maximum atomic E-state index is 13.1. The molecule has 0 radical (unpaired) electrons. The second-order valence-electron chi connectivity index (χ2n) is 5.27. The third-order valence-electron chi connectivity index (χ3n) is 3.25. The summed E-state index contributed by atoms with van der Waals surface area (Å²) < 4.78 is 228. The summed E-state index contributed by atoms with van der Waals surface area (Å²) in [6.07, 6.45) is -13.8. The van der Waals surface area contributed by atoms with E-state index < -0.39 is 60.4 Å². The summed E-state index contributed by atoms with van der Waals surface area (Å²) in [7, 11) is 0. The third-order valence-corrected chi connectivity index (χ3v) is 3.25. The fourth-order valence-electron chi connectivity index (χ4n) is 1.48. The van der Waals surface area contributed by atoms with Crippen LogP contribution in [0.15, 0.2) is 0 Å². The van der Waals surface area contributed by atoms with Gasteiger partial charge in [-0.05, 0) is 0 Å². The smallest absolute Gasteiger partial charge is 0.390 e. The van der Waals surface area contributed by atoms with Crippen molar-refractivity contribution in [3.8, 4) is 0 Å². The van der Waals surface area contributed by atoms with Gasteiger partial charge in [-0.1, -0.05) is 0 Å². The molecule has 0 saturated carbocycles. The molecule has 0 aromatic heterocycles. The van der Waals surface area contributed by atoms with Crippen LogP contribution in [0.4, 0.5) is 79.0 Å². The molecule has 29 heavy (non-hydrogen) atoms. The Bertz CT molecular complexity index is 588. The Morgan fingerprint density at radius 1 is 0.483 bits per heavy atom. The Balaban J connectivity index is 6.65. The minimum Gasteiger partial charge on any atom is -0.390 e. The van der Waals surface area contributed by atoms with E-state index in [1.165, 1.54) is 0 Å². The van der Waals surface area contributed by atoms with Gasteiger partial charge in [0.25, 0.3) is 0 Å². The van der Waals surface area contributed by atoms with Gasteiger partial charge in [0.05, 0.1) is 0 Å². The van der Waals surface area contributed by atoms with Crippen molar-refractivity contribution in [2.45, 2.75) is 53.8 Å². The highest BCUT2D eigenvalue weighted by Crippen LogP contribution is 2.63. The highest BCUT2D eigenvalue weighted by Gasteiger charge is 2.94. The van der Waals surface area contributed by atoms with E-state index in [2.05, 4.69) is 0 Å². The average molecular weight is 482 g/mol. The number of halogens is 18. The van der Waals surface area contributed by atoms with Gasteiger partial charge in [-0.2, -0.15) is 65.9 Å². The molecule has 0 amide bonds. The molecule has 19 heteroatoms. The summed E-state index contributed by atoms with van der Waals surface area (Å²) in [5, 5.41) is 7.83. The lowest BCUT2D eigenvalue weighted by atomic mass is 9.88. The molecule has 1 atom stereocenters. The predicted octanol–water partition coefficient (Wildman–Crippen LogP) is 5.33. The van der Waals surface area contributed by atoms with Gasteiger partial charge in [0.15, 0.2) is 0 Å². The minimum absolute atomic E-state index is 3.15. The molecule has 0 aromatic carbocycles. The summed E-state index contributed by atoms with van der Waals surface area (Å²) in [4.78, 5) is 0. The van der Waals surface area contributed by atoms with Gasteiger partial charge in [0.2, 0.25) is 6.17 Å². The molecular weight excluding hydrogens is 478 g/mol. The first-order chi connectivity index (χ1) is 12.2. The van der Waals surface area contributed by atoms with E-state index in [1.54, 1.807) is 0 Å². The molecule has 0 fully saturated rings. The van der Waals surface area contributed by atoms with Crippen LogP contribution in [-0.2, 0) is 0 Å². The average Bonchev–Trinajstić information content (AvgIpc) is 2.51. The number of rotatable bonds is 8. The Kier molecular flexibility index (Phi) is 6.55. The quantitative estimate of drug-likeness (QED) is 0.465. The van der Waals surface area contributed by atoms with Gasteiger partial charge in [-0.25, -0.2) is 13.2 Å². The fourth-order valence-corrected chi connectivity index (χ4v) is 1.48. The highest BCUT2D eigenvalue weighted by atomic mass is 19.4. The van der Waals surface area contributed by atoms with Gasteiger partial charge in [0, 0.05) is 0 Å². The Labute approximate surface area is 146 Å². The van der Waals surface area contributed by atoms with E-state index in [0.29, 0.717) is 0 Å². The first-order valence-corrected chi connectivity index (χ1v) is 6.18. The monoisotopic (exact) mass is 482 g/mol. The zero-order valence-electron chi connectivity index (χ0n) is 12.5. The van der Waals surface area contributed by atoms with Crippen LogP contribution in [0, 0.1) is 0 Å². The van der Waals surface area contributed by atoms with Gasteiger partial charge >= 0.3 is 47.6 Å². The topological polar surface area (TPSA) is 20.2 Å². The van der Waals surface area contributed by atoms with Crippen molar-refractivity contribution in [1.82, 2.24) is 0 Å². The Morgan fingerprint density at radius 2 is 0.759 bits per heavy atom. The molecule has 0 rings (SSSR count). The molecule has 0 aromatic rings. The maximum Gasteiger partial charge on any atom is 0.460 e. The second kappa shape index (κ2) is 6.86. The SMILES string of the molecule is OCC(F)(F)C(F)C(F)(F)C(F)(F)C(F)(F)C(F)(F)C(F)(F)C(F)(F)C(F)(F)F. The number of alkyl halides is 18. The molecule has 0 heterocycles. The molecule has 1 nitrogen and oxygen atoms in total. The third kappa shape index (κ3) is 3.55. The second-order valence-corrected chi connectivity index (χ2v) is 5.27. The van der Waals surface area contributed by atoms with Crippen LogP contribution in [0.3, 0.4) is 0 Å². The maximum absolute atomic E-state index is 13.1. The van der Waals surface area contributed by atoms with Gasteiger partial charge in [-0.15, -0.1) is 0 Å². The molecule has 0 bridgehead atoms. The lowest BCUT2D eigenvalue weighted by molar-refractivity contribution is -0.456. The summed E-state index contributed by atoms with van der Waals surface area (Å²) in [6, 6.07) is 0. The molecule has 0 saturated heterocycles. The van der Waals surface area contributed by atoms with Crippen molar-refractivity contribution >= 4 is 0 Å². The van der Waals surface area contributed by atoms with Crippen LogP contribution < -0.4 is 0 Å². The van der Waals surface area contributed by atoms with Crippen LogP contribution in [0.5, 0.6) is 0 Å². The van der Waals surface area contributed by atoms with E-state index in [4.69, 9.17) is 5.11 Å². The summed E-state index contributed by atoms with van der Waals surface area (Å²) in [5.41, 5.74) is 0. The van der Waals surface area contributed by atoms with Crippen LogP contribution >= 0.6 is 0 Å². The standard InChI is InChI=1S/C10H4F18O/c11-2(3(12,13)1-29)4(14,15)5(16,17)6(18,19)7(20,21)8(22,23)9(24,25)10(26,27)28/h2,29H,1H2. The van der Waals surface area contributed by atoms with E-state index in [9.17, 15) is 79.0 Å². The van der Waals surface area contributed by atoms with Crippen LogP contribution in [0.1, 0.15) is 0 Å². The number of hydrogen-bond donors (Lipinski definition) is 1.